The van der Waals surface area contributed by atoms with E-state index in [-0.39, 0.29) is 0 Å². The normalized spacial score (nSPS) is 9.75. The first-order valence-corrected chi connectivity index (χ1v) is 5.33. The maximum absolute atomic E-state index is 3.39. The predicted molar refractivity (Wildman–Crippen MR) is 46.0 cm³/mol. The van der Waals surface area contributed by atoms with Crippen molar-refractivity contribution in [2.45, 2.75) is 19.8 Å². The van der Waals surface area contributed by atoms with Gasteiger partial charge in [0, 0.05) is 5.33 Å². The van der Waals surface area contributed by atoms with Crippen molar-refractivity contribution in [2.24, 2.45) is 0 Å². The molecule has 0 bridgehead atoms. The molecular formula is C6H13BrS. The van der Waals surface area contributed by atoms with E-state index in [4.69, 9.17) is 0 Å². The van der Waals surface area contributed by atoms with Gasteiger partial charge in [-0.2, -0.15) is 11.8 Å². The molecule has 0 aliphatic rings. The Morgan fingerprint density at radius 3 is 2.62 bits per heavy atom. The molecule has 2 heteroatoms. The first kappa shape index (κ1) is 8.83. The van der Waals surface area contributed by atoms with Crippen molar-refractivity contribution < 1.29 is 0 Å². The van der Waals surface area contributed by atoms with Crippen molar-refractivity contribution in [1.29, 1.82) is 0 Å². The number of hydrogen-bond acceptors (Lipinski definition) is 1. The van der Waals surface area contributed by atoms with E-state index in [9.17, 15) is 0 Å². The van der Waals surface area contributed by atoms with Crippen LogP contribution in [0.1, 0.15) is 19.8 Å². The average molecular weight is 197 g/mol. The maximum Gasteiger partial charge on any atom is 0.00315 e. The highest BCUT2D eigenvalue weighted by molar-refractivity contribution is 9.09. The summed E-state index contributed by atoms with van der Waals surface area (Å²) < 4.78 is 0. The number of hydrogen-bond donors (Lipinski definition) is 0. The first-order valence-electron chi connectivity index (χ1n) is 3.05. The fourth-order valence-electron chi connectivity index (χ4n) is 0.443. The minimum Gasteiger partial charge on any atom is -0.162 e. The molecule has 0 aromatic rings. The van der Waals surface area contributed by atoms with Crippen LogP contribution in [-0.4, -0.2) is 16.8 Å². The molecule has 0 aromatic heterocycles. The summed E-state index contributed by atoms with van der Waals surface area (Å²) in [6, 6.07) is 0. The van der Waals surface area contributed by atoms with Crippen molar-refractivity contribution in [2.75, 3.05) is 16.8 Å². The highest BCUT2D eigenvalue weighted by Crippen LogP contribution is 2.03. The number of halogens is 1. The van der Waals surface area contributed by atoms with Gasteiger partial charge in [-0.3, -0.25) is 0 Å². The number of rotatable bonds is 5. The molecule has 50 valence electrons. The quantitative estimate of drug-likeness (QED) is 0.482. The molecule has 0 radical (unpaired) electrons. The van der Waals surface area contributed by atoms with Crippen LogP contribution in [0.25, 0.3) is 0 Å². The Balaban J connectivity index is 2.53. The molecule has 0 fully saturated rings. The second kappa shape index (κ2) is 7.83. The molecule has 0 saturated heterocycles. The Kier molecular flexibility index (Phi) is 8.64. The molecule has 0 N–H and O–H groups in total. The Hall–Kier alpha value is 0.830. The summed E-state index contributed by atoms with van der Waals surface area (Å²) in [5.41, 5.74) is 0. The lowest BCUT2D eigenvalue weighted by atomic mass is 10.4. The zero-order valence-electron chi connectivity index (χ0n) is 5.32. The molecule has 0 amide bonds. The lowest BCUT2D eigenvalue weighted by Gasteiger charge is -1.93. The van der Waals surface area contributed by atoms with Gasteiger partial charge in [0.2, 0.25) is 0 Å². The number of unbranched alkanes of at least 4 members (excludes halogenated alkanes) is 1. The molecule has 0 unspecified atom stereocenters. The molecular weight excluding hydrogens is 184 g/mol. The second-order valence-corrected chi connectivity index (χ2v) is 3.78. The van der Waals surface area contributed by atoms with E-state index in [1.165, 1.54) is 24.3 Å². The monoisotopic (exact) mass is 196 g/mol. The molecule has 0 aliphatic carbocycles. The molecule has 0 rings (SSSR count). The van der Waals surface area contributed by atoms with E-state index in [2.05, 4.69) is 22.9 Å². The standard InChI is InChI=1S/C6H13BrS/c1-2-8-6-4-3-5-7/h2-6H2,1H3. The van der Waals surface area contributed by atoms with Crippen molar-refractivity contribution >= 4 is 27.7 Å². The van der Waals surface area contributed by atoms with E-state index in [0.717, 1.165) is 5.33 Å². The van der Waals surface area contributed by atoms with Crippen LogP contribution in [0, 0.1) is 0 Å². The Morgan fingerprint density at radius 2 is 2.12 bits per heavy atom. The van der Waals surface area contributed by atoms with Gasteiger partial charge in [0.25, 0.3) is 0 Å². The maximum atomic E-state index is 3.39. The number of thioether (sulfide) groups is 1. The summed E-state index contributed by atoms with van der Waals surface area (Å²) >= 11 is 5.42. The van der Waals surface area contributed by atoms with Crippen LogP contribution in [0.4, 0.5) is 0 Å². The summed E-state index contributed by atoms with van der Waals surface area (Å²) in [5.74, 6) is 2.60. The Morgan fingerprint density at radius 1 is 1.38 bits per heavy atom. The van der Waals surface area contributed by atoms with Crippen LogP contribution in [0.2, 0.25) is 0 Å². The largest absolute Gasteiger partial charge is 0.162 e. The topological polar surface area (TPSA) is 0 Å². The van der Waals surface area contributed by atoms with Crippen LogP contribution < -0.4 is 0 Å². The number of alkyl halides is 1. The third kappa shape index (κ3) is 6.83. The van der Waals surface area contributed by atoms with Gasteiger partial charge in [-0.15, -0.1) is 0 Å². The van der Waals surface area contributed by atoms with E-state index < -0.39 is 0 Å². The molecule has 0 spiro atoms. The van der Waals surface area contributed by atoms with Crippen LogP contribution in [-0.2, 0) is 0 Å². The highest BCUT2D eigenvalue weighted by atomic mass is 79.9. The van der Waals surface area contributed by atoms with Gasteiger partial charge < -0.3 is 0 Å². The Bertz CT molecular complexity index is 33.5. The van der Waals surface area contributed by atoms with E-state index in [1.807, 2.05) is 11.8 Å². The zero-order valence-corrected chi connectivity index (χ0v) is 7.72. The predicted octanol–water partition coefficient (Wildman–Crippen LogP) is 2.91. The van der Waals surface area contributed by atoms with E-state index in [0.29, 0.717) is 0 Å². The Labute approximate surface area is 64.6 Å². The van der Waals surface area contributed by atoms with Crippen LogP contribution in [0.15, 0.2) is 0 Å². The van der Waals surface area contributed by atoms with Crippen molar-refractivity contribution in [3.05, 3.63) is 0 Å². The third-order valence-corrected chi connectivity index (χ3v) is 2.42. The summed E-state index contributed by atoms with van der Waals surface area (Å²) in [4.78, 5) is 0. The minimum absolute atomic E-state index is 1.16. The molecule has 0 nitrogen and oxygen atoms in total. The van der Waals surface area contributed by atoms with Gasteiger partial charge in [-0.1, -0.05) is 22.9 Å². The van der Waals surface area contributed by atoms with Gasteiger partial charge in [0.1, 0.15) is 0 Å². The van der Waals surface area contributed by atoms with Gasteiger partial charge in [0.15, 0.2) is 0 Å². The second-order valence-electron chi connectivity index (χ2n) is 1.59. The fourth-order valence-corrected chi connectivity index (χ4v) is 1.54. The first-order chi connectivity index (χ1) is 3.91. The summed E-state index contributed by atoms with van der Waals surface area (Å²) in [7, 11) is 0. The molecule has 0 aliphatic heterocycles. The van der Waals surface area contributed by atoms with Crippen LogP contribution >= 0.6 is 27.7 Å². The lowest BCUT2D eigenvalue weighted by Crippen LogP contribution is -1.80. The average Bonchev–Trinajstić information content (AvgIpc) is 1.81. The SMILES string of the molecule is CCSCCCCBr. The van der Waals surface area contributed by atoms with Crippen molar-refractivity contribution in [3.63, 3.8) is 0 Å². The van der Waals surface area contributed by atoms with Gasteiger partial charge in [-0.05, 0) is 24.3 Å². The van der Waals surface area contributed by atoms with Gasteiger partial charge >= 0.3 is 0 Å². The fraction of sp³-hybridized carbons (Fsp3) is 1.00. The highest BCUT2D eigenvalue weighted by Gasteiger charge is 1.84. The molecule has 0 atom stereocenters. The van der Waals surface area contributed by atoms with Crippen LogP contribution in [0.3, 0.4) is 0 Å². The van der Waals surface area contributed by atoms with Crippen molar-refractivity contribution in [3.8, 4) is 0 Å². The van der Waals surface area contributed by atoms with Crippen molar-refractivity contribution in [1.82, 2.24) is 0 Å². The molecule has 8 heavy (non-hydrogen) atoms. The van der Waals surface area contributed by atoms with E-state index >= 15 is 0 Å². The van der Waals surface area contributed by atoms with Gasteiger partial charge in [-0.25, -0.2) is 0 Å². The van der Waals surface area contributed by atoms with Gasteiger partial charge in [0.05, 0.1) is 0 Å². The summed E-state index contributed by atoms with van der Waals surface area (Å²) in [6.07, 6.45) is 2.69. The molecule has 0 aromatic carbocycles. The minimum atomic E-state index is 1.16. The summed E-state index contributed by atoms with van der Waals surface area (Å²) in [6.45, 7) is 2.21. The summed E-state index contributed by atoms with van der Waals surface area (Å²) in [5, 5.41) is 1.16. The molecule has 0 heterocycles. The lowest BCUT2D eigenvalue weighted by molar-refractivity contribution is 0.913. The van der Waals surface area contributed by atoms with E-state index in [1.54, 1.807) is 0 Å². The molecule has 0 saturated carbocycles. The van der Waals surface area contributed by atoms with Crippen LogP contribution in [0.5, 0.6) is 0 Å². The third-order valence-electron chi connectivity index (χ3n) is 0.876. The smallest absolute Gasteiger partial charge is 0.00315 e. The zero-order chi connectivity index (χ0) is 6.24.